The van der Waals surface area contributed by atoms with E-state index in [0.29, 0.717) is 24.1 Å². The molecule has 0 radical (unpaired) electrons. The molecule has 1 saturated heterocycles. The number of aryl methyl sites for hydroxylation is 1. The SMILES string of the molecule is C[C@@H]1CN(C(=O)CCn2c(C(F)F)cc3cccnc32)C[C@@H](C)O1. The number of halogens is 2. The zero-order valence-electron chi connectivity index (χ0n) is 13.8. The Morgan fingerprint density at radius 2 is 2.08 bits per heavy atom. The number of pyridine rings is 1. The number of alkyl halides is 2. The van der Waals surface area contributed by atoms with Gasteiger partial charge in [0, 0.05) is 37.6 Å². The molecule has 1 amide bonds. The van der Waals surface area contributed by atoms with Crippen LogP contribution in [0.3, 0.4) is 0 Å². The van der Waals surface area contributed by atoms with Crippen molar-refractivity contribution in [1.82, 2.24) is 14.5 Å². The van der Waals surface area contributed by atoms with Crippen molar-refractivity contribution >= 4 is 16.9 Å². The Morgan fingerprint density at radius 1 is 1.38 bits per heavy atom. The fourth-order valence-corrected chi connectivity index (χ4v) is 3.27. The summed E-state index contributed by atoms with van der Waals surface area (Å²) in [5.74, 6) is -0.0463. The Labute approximate surface area is 139 Å². The molecule has 2 atom stereocenters. The predicted octanol–water partition coefficient (Wildman–Crippen LogP) is 3.00. The van der Waals surface area contributed by atoms with E-state index in [-0.39, 0.29) is 36.8 Å². The van der Waals surface area contributed by atoms with E-state index in [1.54, 1.807) is 23.2 Å². The smallest absolute Gasteiger partial charge is 0.278 e. The molecule has 0 saturated carbocycles. The molecule has 3 heterocycles. The summed E-state index contributed by atoms with van der Waals surface area (Å²) >= 11 is 0. The molecule has 3 rings (SSSR count). The van der Waals surface area contributed by atoms with Gasteiger partial charge in [-0.2, -0.15) is 0 Å². The van der Waals surface area contributed by atoms with Crippen molar-refractivity contribution in [2.45, 2.75) is 45.4 Å². The van der Waals surface area contributed by atoms with Crippen LogP contribution in [0.5, 0.6) is 0 Å². The third-order valence-corrected chi connectivity index (χ3v) is 4.23. The van der Waals surface area contributed by atoms with Crippen LogP contribution in [0.25, 0.3) is 11.0 Å². The Hall–Kier alpha value is -2.02. The molecular formula is C17H21F2N3O2. The van der Waals surface area contributed by atoms with E-state index in [1.807, 2.05) is 13.8 Å². The Bertz CT molecular complexity index is 722. The highest BCUT2D eigenvalue weighted by molar-refractivity contribution is 5.79. The van der Waals surface area contributed by atoms with E-state index in [1.165, 1.54) is 10.6 Å². The highest BCUT2D eigenvalue weighted by Crippen LogP contribution is 2.26. The minimum absolute atomic E-state index is 0.0107. The van der Waals surface area contributed by atoms with Crippen LogP contribution < -0.4 is 0 Å². The Balaban J connectivity index is 1.75. The lowest BCUT2D eigenvalue weighted by atomic mass is 10.2. The van der Waals surface area contributed by atoms with Crippen LogP contribution in [0.1, 0.15) is 32.4 Å². The molecule has 1 aliphatic rings. The molecule has 0 N–H and O–H groups in total. The first-order valence-electron chi connectivity index (χ1n) is 8.11. The highest BCUT2D eigenvalue weighted by Gasteiger charge is 2.26. The van der Waals surface area contributed by atoms with Gasteiger partial charge in [-0.3, -0.25) is 4.79 Å². The second-order valence-electron chi connectivity index (χ2n) is 6.24. The van der Waals surface area contributed by atoms with Crippen molar-refractivity contribution in [2.75, 3.05) is 13.1 Å². The molecule has 2 aromatic heterocycles. The van der Waals surface area contributed by atoms with Crippen molar-refractivity contribution in [3.63, 3.8) is 0 Å². The maximum Gasteiger partial charge on any atom is 0.278 e. The van der Waals surface area contributed by atoms with Crippen molar-refractivity contribution in [2.24, 2.45) is 0 Å². The fourth-order valence-electron chi connectivity index (χ4n) is 3.27. The van der Waals surface area contributed by atoms with Gasteiger partial charge in [0.25, 0.3) is 6.43 Å². The predicted molar refractivity (Wildman–Crippen MR) is 85.9 cm³/mol. The summed E-state index contributed by atoms with van der Waals surface area (Å²) in [7, 11) is 0. The number of carbonyl (C=O) groups is 1. The van der Waals surface area contributed by atoms with E-state index in [9.17, 15) is 13.6 Å². The average Bonchev–Trinajstić information content (AvgIpc) is 2.90. The summed E-state index contributed by atoms with van der Waals surface area (Å²) < 4.78 is 33.6. The number of morpholine rings is 1. The molecule has 0 bridgehead atoms. The van der Waals surface area contributed by atoms with Gasteiger partial charge in [-0.15, -0.1) is 0 Å². The molecule has 130 valence electrons. The van der Waals surface area contributed by atoms with Crippen molar-refractivity contribution in [3.8, 4) is 0 Å². The molecule has 1 aliphatic heterocycles. The van der Waals surface area contributed by atoms with E-state index in [2.05, 4.69) is 4.98 Å². The van der Waals surface area contributed by atoms with E-state index in [4.69, 9.17) is 4.74 Å². The second kappa shape index (κ2) is 6.84. The molecule has 2 aromatic rings. The first kappa shape index (κ1) is 16.8. The van der Waals surface area contributed by atoms with Gasteiger partial charge in [-0.1, -0.05) is 0 Å². The summed E-state index contributed by atoms with van der Waals surface area (Å²) in [6.45, 7) is 5.12. The number of hydrogen-bond acceptors (Lipinski definition) is 3. The summed E-state index contributed by atoms with van der Waals surface area (Å²) in [6, 6.07) is 4.90. The molecule has 0 spiro atoms. The number of amides is 1. The van der Waals surface area contributed by atoms with E-state index in [0.717, 1.165) is 0 Å². The molecule has 1 fully saturated rings. The largest absolute Gasteiger partial charge is 0.372 e. The summed E-state index contributed by atoms with van der Waals surface area (Å²) in [6.07, 6.45) is -0.884. The minimum atomic E-state index is -2.60. The van der Waals surface area contributed by atoms with Gasteiger partial charge >= 0.3 is 0 Å². The zero-order valence-corrected chi connectivity index (χ0v) is 13.8. The zero-order chi connectivity index (χ0) is 17.3. The summed E-state index contributed by atoms with van der Waals surface area (Å²) in [5.41, 5.74) is 0.393. The quantitative estimate of drug-likeness (QED) is 0.862. The number of ether oxygens (including phenoxy) is 1. The standard InChI is InChI=1S/C17H21F2N3O2/c1-11-9-21(10-12(2)24-11)15(23)5-7-22-14(16(18)19)8-13-4-3-6-20-17(13)22/h3-4,6,8,11-12,16H,5,7,9-10H2,1-2H3/t11-,12-/m1/s1. The summed E-state index contributed by atoms with van der Waals surface area (Å²) in [4.78, 5) is 18.4. The molecule has 0 aromatic carbocycles. The van der Waals surface area contributed by atoms with Crippen LogP contribution in [-0.2, 0) is 16.1 Å². The van der Waals surface area contributed by atoms with Crippen LogP contribution >= 0.6 is 0 Å². The van der Waals surface area contributed by atoms with Gasteiger partial charge in [0.15, 0.2) is 0 Å². The van der Waals surface area contributed by atoms with Crippen LogP contribution in [0.2, 0.25) is 0 Å². The topological polar surface area (TPSA) is 47.4 Å². The Kier molecular flexibility index (Phi) is 4.80. The molecular weight excluding hydrogens is 316 g/mol. The monoisotopic (exact) mass is 337 g/mol. The summed E-state index contributed by atoms with van der Waals surface area (Å²) in [5, 5.41) is 0.661. The number of carbonyl (C=O) groups excluding carboxylic acids is 1. The lowest BCUT2D eigenvalue weighted by molar-refractivity contribution is -0.143. The third kappa shape index (κ3) is 3.40. The van der Waals surface area contributed by atoms with Crippen LogP contribution in [0, 0.1) is 0 Å². The number of aromatic nitrogens is 2. The third-order valence-electron chi connectivity index (χ3n) is 4.23. The number of hydrogen-bond donors (Lipinski definition) is 0. The average molecular weight is 337 g/mol. The van der Waals surface area contributed by atoms with Gasteiger partial charge in [0.2, 0.25) is 5.91 Å². The normalized spacial score (nSPS) is 21.6. The number of rotatable bonds is 4. The van der Waals surface area contributed by atoms with E-state index < -0.39 is 6.43 Å². The maximum absolute atomic E-state index is 13.3. The van der Waals surface area contributed by atoms with Crippen LogP contribution in [0.4, 0.5) is 8.78 Å². The molecule has 24 heavy (non-hydrogen) atoms. The molecule has 7 heteroatoms. The van der Waals surface area contributed by atoms with Crippen LogP contribution in [0.15, 0.2) is 24.4 Å². The van der Waals surface area contributed by atoms with Crippen molar-refractivity contribution in [1.29, 1.82) is 0 Å². The second-order valence-corrected chi connectivity index (χ2v) is 6.24. The first-order valence-corrected chi connectivity index (χ1v) is 8.11. The van der Waals surface area contributed by atoms with Crippen LogP contribution in [-0.4, -0.2) is 45.7 Å². The lowest BCUT2D eigenvalue weighted by Gasteiger charge is -2.35. The lowest BCUT2D eigenvalue weighted by Crippen LogP contribution is -2.48. The molecule has 0 aliphatic carbocycles. The van der Waals surface area contributed by atoms with Crippen molar-refractivity contribution in [3.05, 3.63) is 30.1 Å². The molecule has 0 unspecified atom stereocenters. The minimum Gasteiger partial charge on any atom is -0.372 e. The first-order chi connectivity index (χ1) is 11.5. The van der Waals surface area contributed by atoms with Crippen molar-refractivity contribution < 1.29 is 18.3 Å². The fraction of sp³-hybridized carbons (Fsp3) is 0.529. The van der Waals surface area contributed by atoms with Gasteiger partial charge in [0.05, 0.1) is 17.9 Å². The molecule has 5 nitrogen and oxygen atoms in total. The van der Waals surface area contributed by atoms with Gasteiger partial charge in [-0.25, -0.2) is 13.8 Å². The van der Waals surface area contributed by atoms with Gasteiger partial charge in [0.1, 0.15) is 5.65 Å². The number of fused-ring (bicyclic) bond motifs is 1. The number of nitrogens with zero attached hydrogens (tertiary/aromatic N) is 3. The highest BCUT2D eigenvalue weighted by atomic mass is 19.3. The van der Waals surface area contributed by atoms with Gasteiger partial charge in [-0.05, 0) is 32.0 Å². The van der Waals surface area contributed by atoms with Gasteiger partial charge < -0.3 is 14.2 Å². The Morgan fingerprint density at radius 3 is 2.75 bits per heavy atom. The maximum atomic E-state index is 13.3. The van der Waals surface area contributed by atoms with E-state index >= 15 is 0 Å².